The molecule has 9 heteroatoms. The Kier molecular flexibility index (Phi) is 7.38. The molecule has 3 rings (SSSR count). The Morgan fingerprint density at radius 3 is 2.50 bits per heavy atom. The van der Waals surface area contributed by atoms with Crippen LogP contribution in [0.4, 0.5) is 13.2 Å². The number of rotatable bonds is 7. The smallest absolute Gasteiger partial charge is 0.346 e. The molecule has 1 N–H and O–H groups in total. The minimum atomic E-state index is -4.49. The molecule has 0 spiro atoms. The van der Waals surface area contributed by atoms with E-state index >= 15 is 0 Å². The summed E-state index contributed by atoms with van der Waals surface area (Å²) in [6, 6.07) is 4.65. The molecule has 1 aromatic heterocycles. The van der Waals surface area contributed by atoms with Gasteiger partial charge in [0.25, 0.3) is 11.7 Å². The predicted octanol–water partition coefficient (Wildman–Crippen LogP) is 4.07. The maximum atomic E-state index is 13.1. The highest BCUT2D eigenvalue weighted by Crippen LogP contribution is 2.31. The number of carbonyl (C=O) groups excluding carboxylic acids is 2. The third-order valence-corrected chi connectivity index (χ3v) is 5.89. The molecule has 0 saturated carbocycles. The molecule has 0 bridgehead atoms. The molecule has 0 atom stereocenters. The van der Waals surface area contributed by atoms with Crippen LogP contribution in [0.2, 0.25) is 0 Å². The van der Waals surface area contributed by atoms with Crippen molar-refractivity contribution >= 4 is 11.7 Å². The number of hydrogen-bond donors (Lipinski definition) is 1. The minimum Gasteiger partial charge on any atom is -0.346 e. The van der Waals surface area contributed by atoms with Gasteiger partial charge in [-0.25, -0.2) is 4.68 Å². The van der Waals surface area contributed by atoms with E-state index in [2.05, 4.69) is 22.2 Å². The van der Waals surface area contributed by atoms with Crippen LogP contribution in [0.15, 0.2) is 24.3 Å². The zero-order valence-electron chi connectivity index (χ0n) is 18.6. The molecule has 1 saturated heterocycles. The molecular formula is C23H29F3N4O2. The fourth-order valence-electron chi connectivity index (χ4n) is 4.08. The lowest BCUT2D eigenvalue weighted by Crippen LogP contribution is -2.46. The molecular weight excluding hydrogens is 421 g/mol. The van der Waals surface area contributed by atoms with Crippen LogP contribution in [0.25, 0.3) is 5.69 Å². The number of halogens is 3. The Bertz CT molecular complexity index is 976. The predicted molar refractivity (Wildman–Crippen MR) is 115 cm³/mol. The fourth-order valence-corrected chi connectivity index (χ4v) is 4.08. The van der Waals surface area contributed by atoms with E-state index in [9.17, 15) is 22.8 Å². The van der Waals surface area contributed by atoms with Gasteiger partial charge >= 0.3 is 6.18 Å². The second kappa shape index (κ2) is 9.85. The van der Waals surface area contributed by atoms with Crippen LogP contribution in [0, 0.1) is 13.8 Å². The summed E-state index contributed by atoms with van der Waals surface area (Å²) in [5, 5.41) is 7.06. The number of amides is 1. The van der Waals surface area contributed by atoms with Crippen LogP contribution in [-0.4, -0.2) is 52.0 Å². The number of piperidine rings is 1. The largest absolute Gasteiger partial charge is 0.416 e. The van der Waals surface area contributed by atoms with Gasteiger partial charge in [0.1, 0.15) is 0 Å². The molecule has 0 aliphatic carbocycles. The molecule has 1 aliphatic heterocycles. The average molecular weight is 451 g/mol. The van der Waals surface area contributed by atoms with Gasteiger partial charge in [-0.05, 0) is 57.9 Å². The first kappa shape index (κ1) is 24.0. The number of ketones is 1. The van der Waals surface area contributed by atoms with Crippen molar-refractivity contribution in [3.8, 4) is 5.69 Å². The standard InChI is InChI=1S/C23H29F3N4O2/c1-4-5-11-29-12-9-18(10-13-29)27-22(32)21(31)20-15(2)28-30(16(20)3)19-8-6-7-17(14-19)23(24,25)26/h6-8,14,18H,4-5,9-13H2,1-3H3,(H,27,32). The molecule has 0 unspecified atom stereocenters. The number of aryl methyl sites for hydroxylation is 1. The maximum absolute atomic E-state index is 13.1. The Morgan fingerprint density at radius 2 is 1.88 bits per heavy atom. The SMILES string of the molecule is CCCCN1CCC(NC(=O)C(=O)c2c(C)nn(-c3cccc(C(F)(F)F)c3)c2C)CC1. The quantitative estimate of drug-likeness (QED) is 0.510. The summed E-state index contributed by atoms with van der Waals surface area (Å²) in [6.07, 6.45) is -0.646. The molecule has 1 aromatic carbocycles. The average Bonchev–Trinajstić information content (AvgIpc) is 3.06. The summed E-state index contributed by atoms with van der Waals surface area (Å²) in [7, 11) is 0. The fraction of sp³-hybridized carbons (Fsp3) is 0.522. The van der Waals surface area contributed by atoms with Gasteiger partial charge in [-0.3, -0.25) is 9.59 Å². The summed E-state index contributed by atoms with van der Waals surface area (Å²) in [5.41, 5.74) is 0.129. The van der Waals surface area contributed by atoms with Gasteiger partial charge in [0.15, 0.2) is 0 Å². The van der Waals surface area contributed by atoms with E-state index in [1.54, 1.807) is 13.8 Å². The third kappa shape index (κ3) is 5.38. The number of benzene rings is 1. The van der Waals surface area contributed by atoms with Crippen LogP contribution in [0.3, 0.4) is 0 Å². The summed E-state index contributed by atoms with van der Waals surface area (Å²) in [4.78, 5) is 27.9. The zero-order valence-corrected chi connectivity index (χ0v) is 18.6. The van der Waals surface area contributed by atoms with E-state index < -0.39 is 23.4 Å². The van der Waals surface area contributed by atoms with Crippen molar-refractivity contribution < 1.29 is 22.8 Å². The van der Waals surface area contributed by atoms with Crippen molar-refractivity contribution in [1.29, 1.82) is 0 Å². The van der Waals surface area contributed by atoms with Crippen LogP contribution in [0.1, 0.15) is 59.9 Å². The second-order valence-electron chi connectivity index (χ2n) is 8.28. The number of alkyl halides is 3. The van der Waals surface area contributed by atoms with Gasteiger partial charge in [-0.2, -0.15) is 18.3 Å². The lowest BCUT2D eigenvalue weighted by Gasteiger charge is -2.32. The number of likely N-dealkylation sites (tertiary alicyclic amines) is 1. The first-order valence-corrected chi connectivity index (χ1v) is 10.9. The van der Waals surface area contributed by atoms with Gasteiger partial charge < -0.3 is 10.2 Å². The maximum Gasteiger partial charge on any atom is 0.416 e. The molecule has 2 heterocycles. The van der Waals surface area contributed by atoms with Gasteiger partial charge in [0.05, 0.1) is 28.2 Å². The van der Waals surface area contributed by atoms with Crippen LogP contribution in [-0.2, 0) is 11.0 Å². The number of unbranched alkanes of at least 4 members (excludes halogenated alkanes) is 1. The summed E-state index contributed by atoms with van der Waals surface area (Å²) < 4.78 is 40.5. The Balaban J connectivity index is 1.72. The molecule has 1 aliphatic rings. The lowest BCUT2D eigenvalue weighted by molar-refractivity contribution is -0.137. The Hall–Kier alpha value is -2.68. The number of aromatic nitrogens is 2. The van der Waals surface area contributed by atoms with E-state index in [0.717, 1.165) is 57.5 Å². The van der Waals surface area contributed by atoms with Crippen LogP contribution < -0.4 is 5.32 Å². The summed E-state index contributed by atoms with van der Waals surface area (Å²) >= 11 is 0. The number of nitrogens with zero attached hydrogens (tertiary/aromatic N) is 3. The van der Waals surface area contributed by atoms with Crippen molar-refractivity contribution in [2.75, 3.05) is 19.6 Å². The number of carbonyl (C=O) groups is 2. The normalized spacial score (nSPS) is 15.7. The number of hydrogen-bond acceptors (Lipinski definition) is 4. The highest BCUT2D eigenvalue weighted by molar-refractivity contribution is 6.43. The minimum absolute atomic E-state index is 0.0662. The highest BCUT2D eigenvalue weighted by Gasteiger charge is 2.32. The van der Waals surface area contributed by atoms with E-state index in [1.807, 2.05) is 0 Å². The second-order valence-corrected chi connectivity index (χ2v) is 8.28. The first-order chi connectivity index (χ1) is 15.1. The van der Waals surface area contributed by atoms with Crippen molar-refractivity contribution in [2.45, 2.75) is 58.7 Å². The molecule has 32 heavy (non-hydrogen) atoms. The zero-order chi connectivity index (χ0) is 23.5. The van der Waals surface area contributed by atoms with Gasteiger partial charge in [-0.15, -0.1) is 0 Å². The van der Waals surface area contributed by atoms with E-state index in [0.29, 0.717) is 11.4 Å². The molecule has 174 valence electrons. The lowest BCUT2D eigenvalue weighted by atomic mass is 10.0. The van der Waals surface area contributed by atoms with Crippen LogP contribution in [0.5, 0.6) is 0 Å². The monoisotopic (exact) mass is 450 g/mol. The highest BCUT2D eigenvalue weighted by atomic mass is 19.4. The van der Waals surface area contributed by atoms with E-state index in [1.165, 1.54) is 16.8 Å². The van der Waals surface area contributed by atoms with Gasteiger partial charge in [0.2, 0.25) is 0 Å². The number of Topliss-reactive ketones (excluding diaryl/α,β-unsaturated/α-hetero) is 1. The van der Waals surface area contributed by atoms with E-state index in [4.69, 9.17) is 0 Å². The molecule has 2 aromatic rings. The van der Waals surface area contributed by atoms with Crippen LogP contribution >= 0.6 is 0 Å². The summed E-state index contributed by atoms with van der Waals surface area (Å²) in [6.45, 7) is 8.10. The number of nitrogens with one attached hydrogen (secondary N) is 1. The van der Waals surface area contributed by atoms with E-state index in [-0.39, 0.29) is 17.3 Å². The Labute approximate surface area is 185 Å². The van der Waals surface area contributed by atoms with Crippen molar-refractivity contribution in [3.63, 3.8) is 0 Å². The topological polar surface area (TPSA) is 67.2 Å². The van der Waals surface area contributed by atoms with Crippen molar-refractivity contribution in [3.05, 3.63) is 46.8 Å². The first-order valence-electron chi connectivity index (χ1n) is 10.9. The molecule has 6 nitrogen and oxygen atoms in total. The van der Waals surface area contributed by atoms with Gasteiger partial charge in [0, 0.05) is 19.1 Å². The third-order valence-electron chi connectivity index (χ3n) is 5.89. The summed E-state index contributed by atoms with van der Waals surface area (Å²) in [5.74, 6) is -1.42. The van der Waals surface area contributed by atoms with Gasteiger partial charge in [-0.1, -0.05) is 19.4 Å². The molecule has 1 amide bonds. The molecule has 0 radical (unpaired) electrons. The van der Waals surface area contributed by atoms with Crippen molar-refractivity contribution in [1.82, 2.24) is 20.0 Å². The molecule has 1 fully saturated rings. The van der Waals surface area contributed by atoms with Crippen molar-refractivity contribution in [2.24, 2.45) is 0 Å². The Morgan fingerprint density at radius 1 is 1.19 bits per heavy atom.